The molecule has 2 heterocycles. The first-order valence-corrected chi connectivity index (χ1v) is 8.30. The number of hydrogen-bond acceptors (Lipinski definition) is 5. The standard InChI is InChI=1S/C19H17N5O3/c1-12-16(19(26)24(22(12)2)14-8-4-3-5-9-14)23-17(18(20)27-21-23)13-7-6-10-15(25)11-13/h3-11H,1-2H3,(H2-,20,21,25)/p+1. The van der Waals surface area contributed by atoms with E-state index in [9.17, 15) is 9.90 Å². The molecule has 136 valence electrons. The molecule has 0 saturated carbocycles. The van der Waals surface area contributed by atoms with Gasteiger partial charge in [0.15, 0.2) is 0 Å². The van der Waals surface area contributed by atoms with E-state index in [0.29, 0.717) is 22.6 Å². The van der Waals surface area contributed by atoms with Crippen LogP contribution in [0.4, 0.5) is 5.88 Å². The van der Waals surface area contributed by atoms with E-state index >= 15 is 0 Å². The molecule has 0 fully saturated rings. The molecule has 4 aromatic rings. The number of aromatic nitrogens is 4. The summed E-state index contributed by atoms with van der Waals surface area (Å²) in [5.41, 5.74) is 8.43. The third-order valence-corrected chi connectivity index (χ3v) is 4.52. The van der Waals surface area contributed by atoms with Crippen LogP contribution in [0, 0.1) is 6.92 Å². The average molecular weight is 364 g/mol. The van der Waals surface area contributed by atoms with E-state index in [1.54, 1.807) is 34.6 Å². The van der Waals surface area contributed by atoms with Crippen LogP contribution in [0.1, 0.15) is 5.69 Å². The molecule has 0 aliphatic carbocycles. The molecule has 0 bridgehead atoms. The number of nitrogens with zero attached hydrogens (tertiary/aromatic N) is 4. The zero-order chi connectivity index (χ0) is 19.1. The molecule has 0 radical (unpaired) electrons. The van der Waals surface area contributed by atoms with Gasteiger partial charge in [0.1, 0.15) is 11.4 Å². The lowest BCUT2D eigenvalue weighted by Crippen LogP contribution is -2.40. The highest BCUT2D eigenvalue weighted by atomic mass is 16.5. The number of phenols is 1. The Hall–Kier alpha value is -3.81. The molecule has 0 aliphatic rings. The topological polar surface area (TPSA) is 103 Å². The number of benzene rings is 2. The molecule has 2 aromatic carbocycles. The molecule has 8 heteroatoms. The molecular formula is C19H18N5O3+. The van der Waals surface area contributed by atoms with Crippen molar-refractivity contribution in [1.29, 1.82) is 0 Å². The van der Waals surface area contributed by atoms with Gasteiger partial charge in [-0.1, -0.05) is 24.3 Å². The van der Waals surface area contributed by atoms with Gasteiger partial charge in [0.05, 0.1) is 11.3 Å². The quantitative estimate of drug-likeness (QED) is 0.539. The molecule has 3 N–H and O–H groups in total. The summed E-state index contributed by atoms with van der Waals surface area (Å²) in [6, 6.07) is 15.8. The van der Waals surface area contributed by atoms with Crippen molar-refractivity contribution >= 4 is 5.88 Å². The Morgan fingerprint density at radius 1 is 1.15 bits per heavy atom. The van der Waals surface area contributed by atoms with Crippen LogP contribution >= 0.6 is 0 Å². The summed E-state index contributed by atoms with van der Waals surface area (Å²) < 4.78 is 9.83. The number of aromatic hydroxyl groups is 1. The summed E-state index contributed by atoms with van der Waals surface area (Å²) >= 11 is 0. The Balaban J connectivity index is 1.99. The van der Waals surface area contributed by atoms with Crippen LogP contribution in [0.5, 0.6) is 5.75 Å². The third-order valence-electron chi connectivity index (χ3n) is 4.52. The fourth-order valence-corrected chi connectivity index (χ4v) is 3.14. The monoisotopic (exact) mass is 364 g/mol. The van der Waals surface area contributed by atoms with Gasteiger partial charge in [0.25, 0.3) is 0 Å². The van der Waals surface area contributed by atoms with Gasteiger partial charge in [-0.05, 0) is 37.3 Å². The van der Waals surface area contributed by atoms with Crippen molar-refractivity contribution in [3.63, 3.8) is 0 Å². The van der Waals surface area contributed by atoms with E-state index in [0.717, 1.165) is 5.69 Å². The van der Waals surface area contributed by atoms with Gasteiger partial charge in [-0.2, -0.15) is 0 Å². The summed E-state index contributed by atoms with van der Waals surface area (Å²) in [6.07, 6.45) is 0. The zero-order valence-corrected chi connectivity index (χ0v) is 14.8. The Labute approximate surface area is 154 Å². The fourth-order valence-electron chi connectivity index (χ4n) is 3.14. The second kappa shape index (κ2) is 6.17. The third kappa shape index (κ3) is 2.58. The minimum atomic E-state index is -0.263. The molecule has 8 nitrogen and oxygen atoms in total. The number of phenolic OH excluding ortho intramolecular Hbond substituents is 1. The highest BCUT2D eigenvalue weighted by Gasteiger charge is 2.34. The smallest absolute Gasteiger partial charge is 0.346 e. The Kier molecular flexibility index (Phi) is 3.80. The summed E-state index contributed by atoms with van der Waals surface area (Å²) in [5.74, 6) is 0.126. The number of nitrogen functional groups attached to an aromatic ring is 1. The first kappa shape index (κ1) is 16.6. The summed E-state index contributed by atoms with van der Waals surface area (Å²) in [5, 5.41) is 13.8. The lowest BCUT2D eigenvalue weighted by Gasteiger charge is -2.06. The maximum Gasteiger partial charge on any atom is 0.346 e. The maximum absolute atomic E-state index is 13.2. The van der Waals surface area contributed by atoms with Crippen LogP contribution in [0.3, 0.4) is 0 Å². The van der Waals surface area contributed by atoms with Gasteiger partial charge in [-0.15, -0.1) is 0 Å². The summed E-state index contributed by atoms with van der Waals surface area (Å²) in [6.45, 7) is 1.82. The number of rotatable bonds is 3. The Bertz CT molecular complexity index is 1190. The predicted octanol–water partition coefficient (Wildman–Crippen LogP) is 1.70. The molecule has 0 atom stereocenters. The van der Waals surface area contributed by atoms with E-state index in [-0.39, 0.29) is 17.2 Å². The van der Waals surface area contributed by atoms with Crippen LogP contribution in [-0.2, 0) is 7.05 Å². The minimum Gasteiger partial charge on any atom is -0.508 e. The summed E-state index contributed by atoms with van der Waals surface area (Å²) in [4.78, 5) is 13.2. The summed E-state index contributed by atoms with van der Waals surface area (Å²) in [7, 11) is 1.80. The Morgan fingerprint density at radius 3 is 2.59 bits per heavy atom. The molecule has 0 saturated heterocycles. The van der Waals surface area contributed by atoms with Gasteiger partial charge in [-0.3, -0.25) is 14.0 Å². The van der Waals surface area contributed by atoms with E-state index in [4.69, 9.17) is 10.3 Å². The van der Waals surface area contributed by atoms with Crippen LogP contribution in [-0.4, -0.2) is 19.7 Å². The van der Waals surface area contributed by atoms with Gasteiger partial charge < -0.3 is 10.8 Å². The zero-order valence-electron chi connectivity index (χ0n) is 14.8. The van der Waals surface area contributed by atoms with Crippen LogP contribution < -0.4 is 16.0 Å². The lowest BCUT2D eigenvalue weighted by atomic mass is 10.1. The van der Waals surface area contributed by atoms with Gasteiger partial charge in [0.2, 0.25) is 5.27 Å². The van der Waals surface area contributed by atoms with Crippen molar-refractivity contribution in [3.8, 4) is 28.4 Å². The van der Waals surface area contributed by atoms with Crippen molar-refractivity contribution in [2.75, 3.05) is 5.73 Å². The number of hydrogen-bond donors (Lipinski definition) is 2. The van der Waals surface area contributed by atoms with Crippen LogP contribution in [0.25, 0.3) is 22.6 Å². The van der Waals surface area contributed by atoms with Crippen molar-refractivity contribution in [2.45, 2.75) is 6.92 Å². The van der Waals surface area contributed by atoms with Crippen molar-refractivity contribution in [1.82, 2.24) is 14.6 Å². The highest BCUT2D eigenvalue weighted by molar-refractivity contribution is 5.67. The molecule has 0 aliphatic heterocycles. The SMILES string of the molecule is Cc1c(-[n+]2noc(N)c2-c2cccc(O)c2)c(=O)n(-c2ccccc2)n1C. The largest absolute Gasteiger partial charge is 0.508 e. The maximum atomic E-state index is 13.2. The van der Waals surface area contributed by atoms with Crippen molar-refractivity contribution < 1.29 is 14.3 Å². The first-order valence-electron chi connectivity index (χ1n) is 8.30. The van der Waals surface area contributed by atoms with Crippen LogP contribution in [0.15, 0.2) is 63.9 Å². The molecule has 27 heavy (non-hydrogen) atoms. The van der Waals surface area contributed by atoms with Gasteiger partial charge in [0, 0.05) is 11.7 Å². The minimum absolute atomic E-state index is 0.0505. The molecule has 2 aromatic heterocycles. The number of nitrogens with two attached hydrogens (primary N) is 1. The average Bonchev–Trinajstić information content (AvgIpc) is 3.13. The van der Waals surface area contributed by atoms with E-state index in [1.165, 1.54) is 10.7 Å². The Morgan fingerprint density at radius 2 is 1.89 bits per heavy atom. The lowest BCUT2D eigenvalue weighted by molar-refractivity contribution is -0.661. The predicted molar refractivity (Wildman–Crippen MR) is 98.9 cm³/mol. The van der Waals surface area contributed by atoms with Crippen LogP contribution in [0.2, 0.25) is 0 Å². The highest BCUT2D eigenvalue weighted by Crippen LogP contribution is 2.26. The normalized spacial score (nSPS) is 11.0. The van der Waals surface area contributed by atoms with E-state index in [2.05, 4.69) is 5.27 Å². The number of para-hydroxylation sites is 1. The molecule has 4 rings (SSSR count). The van der Waals surface area contributed by atoms with Crippen molar-refractivity contribution in [3.05, 3.63) is 70.6 Å². The molecule has 0 spiro atoms. The van der Waals surface area contributed by atoms with Gasteiger partial charge >= 0.3 is 22.8 Å². The van der Waals surface area contributed by atoms with E-state index < -0.39 is 0 Å². The fraction of sp³-hybridized carbons (Fsp3) is 0.105. The first-order chi connectivity index (χ1) is 13.0. The molecule has 0 unspecified atom stereocenters. The second-order valence-corrected chi connectivity index (χ2v) is 6.16. The molecule has 0 amide bonds. The van der Waals surface area contributed by atoms with Gasteiger partial charge in [-0.25, -0.2) is 4.68 Å². The second-order valence-electron chi connectivity index (χ2n) is 6.16. The van der Waals surface area contributed by atoms with Crippen molar-refractivity contribution in [2.24, 2.45) is 7.05 Å². The van der Waals surface area contributed by atoms with E-state index in [1.807, 2.05) is 37.3 Å². The number of anilines is 1. The molecular weight excluding hydrogens is 346 g/mol.